The Morgan fingerprint density at radius 1 is 1.20 bits per heavy atom. The molecule has 1 heterocycles. The second-order valence-corrected chi connectivity index (χ2v) is 7.06. The van der Waals surface area contributed by atoms with E-state index in [2.05, 4.69) is 30.9 Å². The smallest absolute Gasteiger partial charge is 0.0166 e. The molecule has 1 nitrogen and oxygen atoms in total. The van der Waals surface area contributed by atoms with E-state index in [0.717, 1.165) is 12.0 Å². The van der Waals surface area contributed by atoms with Crippen LogP contribution in [0.25, 0.3) is 0 Å². The van der Waals surface area contributed by atoms with Gasteiger partial charge in [-0.15, -0.1) is 0 Å². The van der Waals surface area contributed by atoms with Crippen molar-refractivity contribution < 1.29 is 0 Å². The lowest BCUT2D eigenvalue weighted by Gasteiger charge is -2.33. The Kier molecular flexibility index (Phi) is 4.00. The zero-order valence-electron chi connectivity index (χ0n) is 10.2. The van der Waals surface area contributed by atoms with E-state index in [0.29, 0.717) is 5.41 Å². The van der Waals surface area contributed by atoms with Crippen LogP contribution in [0.15, 0.2) is 0 Å². The summed E-state index contributed by atoms with van der Waals surface area (Å²) >= 11 is 2.10. The van der Waals surface area contributed by atoms with Crippen LogP contribution >= 0.6 is 11.8 Å². The number of hydrogen-bond acceptors (Lipinski definition) is 2. The molecular weight excluding hydrogens is 202 g/mol. The second-order valence-electron chi connectivity index (χ2n) is 5.91. The molecule has 1 unspecified atom stereocenters. The van der Waals surface area contributed by atoms with Crippen LogP contribution in [0.3, 0.4) is 0 Å². The molecule has 0 aromatic rings. The molecule has 1 aliphatic heterocycles. The molecule has 1 saturated heterocycles. The van der Waals surface area contributed by atoms with Crippen molar-refractivity contribution in [1.82, 2.24) is 5.32 Å². The lowest BCUT2D eigenvalue weighted by Crippen LogP contribution is -2.40. The summed E-state index contributed by atoms with van der Waals surface area (Å²) in [6, 6.07) is 0.802. The Morgan fingerprint density at radius 3 is 2.53 bits per heavy atom. The van der Waals surface area contributed by atoms with Gasteiger partial charge in [0.1, 0.15) is 0 Å². The zero-order chi connectivity index (χ0) is 10.7. The molecule has 2 rings (SSSR count). The topological polar surface area (TPSA) is 12.0 Å². The third-order valence-electron chi connectivity index (χ3n) is 4.24. The largest absolute Gasteiger partial charge is 0.313 e. The van der Waals surface area contributed by atoms with Gasteiger partial charge < -0.3 is 5.32 Å². The minimum Gasteiger partial charge on any atom is -0.313 e. The predicted octanol–water partition coefficient (Wildman–Crippen LogP) is 3.30. The minimum atomic E-state index is 0.518. The van der Waals surface area contributed by atoms with Crippen molar-refractivity contribution in [3.63, 3.8) is 0 Å². The van der Waals surface area contributed by atoms with Gasteiger partial charge in [0.05, 0.1) is 0 Å². The molecule has 2 aliphatic rings. The average Bonchev–Trinajstić information content (AvgIpc) is 2.88. The first-order valence-electron chi connectivity index (χ1n) is 6.49. The highest BCUT2D eigenvalue weighted by atomic mass is 32.2. The van der Waals surface area contributed by atoms with Gasteiger partial charge in [-0.25, -0.2) is 0 Å². The monoisotopic (exact) mass is 227 g/mol. The van der Waals surface area contributed by atoms with Gasteiger partial charge in [0, 0.05) is 18.3 Å². The highest BCUT2D eigenvalue weighted by molar-refractivity contribution is 7.99. The predicted molar refractivity (Wildman–Crippen MR) is 69.5 cm³/mol. The van der Waals surface area contributed by atoms with E-state index >= 15 is 0 Å². The van der Waals surface area contributed by atoms with Crippen LogP contribution in [-0.4, -0.2) is 24.1 Å². The molecule has 0 aromatic carbocycles. The quantitative estimate of drug-likeness (QED) is 0.791. The highest BCUT2D eigenvalue weighted by Gasteiger charge is 2.32. The van der Waals surface area contributed by atoms with Crippen LogP contribution in [0.1, 0.15) is 46.0 Å². The number of thioether (sulfide) groups is 1. The summed E-state index contributed by atoms with van der Waals surface area (Å²) in [5.41, 5.74) is 0.518. The van der Waals surface area contributed by atoms with E-state index in [9.17, 15) is 0 Å². The van der Waals surface area contributed by atoms with Crippen LogP contribution in [0.4, 0.5) is 0 Å². The normalized spacial score (nSPS) is 28.8. The van der Waals surface area contributed by atoms with E-state index in [1.165, 1.54) is 50.2 Å². The highest BCUT2D eigenvalue weighted by Crippen LogP contribution is 2.39. The number of rotatable bonds is 4. The molecule has 15 heavy (non-hydrogen) atoms. The minimum absolute atomic E-state index is 0.518. The average molecular weight is 227 g/mol. The first kappa shape index (κ1) is 11.8. The maximum atomic E-state index is 3.78. The molecule has 0 bridgehead atoms. The fourth-order valence-corrected chi connectivity index (χ4v) is 4.14. The maximum absolute atomic E-state index is 3.78. The molecule has 1 atom stereocenters. The van der Waals surface area contributed by atoms with Crippen LogP contribution < -0.4 is 5.32 Å². The summed E-state index contributed by atoms with van der Waals surface area (Å²) in [6.07, 6.45) is 7.24. The van der Waals surface area contributed by atoms with Gasteiger partial charge in [-0.05, 0) is 36.3 Å². The summed E-state index contributed by atoms with van der Waals surface area (Å²) in [5.74, 6) is 3.67. The fourth-order valence-electron chi connectivity index (χ4n) is 2.95. The van der Waals surface area contributed by atoms with Crippen LogP contribution in [0.5, 0.6) is 0 Å². The summed E-state index contributed by atoms with van der Waals surface area (Å²) in [7, 11) is 0. The first-order chi connectivity index (χ1) is 7.18. The third-order valence-corrected chi connectivity index (χ3v) is 5.40. The van der Waals surface area contributed by atoms with Crippen molar-refractivity contribution in [3.8, 4) is 0 Å². The molecule has 1 saturated carbocycles. The molecule has 0 amide bonds. The Morgan fingerprint density at radius 2 is 1.93 bits per heavy atom. The summed E-state index contributed by atoms with van der Waals surface area (Å²) in [5, 5.41) is 3.78. The van der Waals surface area contributed by atoms with Gasteiger partial charge in [0.2, 0.25) is 0 Å². The Balaban J connectivity index is 1.75. The van der Waals surface area contributed by atoms with Gasteiger partial charge in [-0.1, -0.05) is 26.7 Å². The fraction of sp³-hybridized carbons (Fsp3) is 1.00. The lowest BCUT2D eigenvalue weighted by molar-refractivity contribution is 0.202. The number of hydrogen-bond donors (Lipinski definition) is 1. The van der Waals surface area contributed by atoms with Crippen molar-refractivity contribution in [3.05, 3.63) is 0 Å². The Hall–Kier alpha value is 0.310. The lowest BCUT2D eigenvalue weighted by atomic mass is 9.77. The molecule has 1 N–H and O–H groups in total. The Labute approximate surface area is 98.8 Å². The van der Waals surface area contributed by atoms with Crippen molar-refractivity contribution in [2.45, 2.75) is 52.0 Å². The molecule has 88 valence electrons. The van der Waals surface area contributed by atoms with Crippen molar-refractivity contribution in [2.75, 3.05) is 18.1 Å². The van der Waals surface area contributed by atoms with Gasteiger partial charge in [-0.2, -0.15) is 11.8 Å². The van der Waals surface area contributed by atoms with Crippen LogP contribution in [0, 0.1) is 11.3 Å². The maximum Gasteiger partial charge on any atom is 0.0166 e. The molecule has 0 aromatic heterocycles. The first-order valence-corrected chi connectivity index (χ1v) is 7.65. The molecule has 0 spiro atoms. The molecule has 0 radical (unpaired) electrons. The van der Waals surface area contributed by atoms with Crippen LogP contribution in [-0.2, 0) is 0 Å². The van der Waals surface area contributed by atoms with E-state index < -0.39 is 0 Å². The van der Waals surface area contributed by atoms with Crippen molar-refractivity contribution in [1.29, 1.82) is 0 Å². The third kappa shape index (κ3) is 3.13. The summed E-state index contributed by atoms with van der Waals surface area (Å²) in [6.45, 7) is 6.14. The van der Waals surface area contributed by atoms with E-state index in [1.54, 1.807) is 0 Å². The summed E-state index contributed by atoms with van der Waals surface area (Å²) < 4.78 is 0. The Bertz CT molecular complexity index is 191. The molecule has 2 heteroatoms. The summed E-state index contributed by atoms with van der Waals surface area (Å²) in [4.78, 5) is 0. The number of nitrogens with one attached hydrogen (secondary N) is 1. The van der Waals surface area contributed by atoms with Gasteiger partial charge in [0.15, 0.2) is 0 Å². The molecular formula is C13H25NS. The zero-order valence-corrected chi connectivity index (χ0v) is 11.0. The van der Waals surface area contributed by atoms with Crippen molar-refractivity contribution >= 4 is 11.8 Å². The van der Waals surface area contributed by atoms with E-state index in [4.69, 9.17) is 0 Å². The standard InChI is InChI=1S/C13H25NS/c1-13(2,11-5-3-4-6-11)10-14-12-7-8-15-9-12/h11-12,14H,3-10H2,1-2H3. The van der Waals surface area contributed by atoms with E-state index in [-0.39, 0.29) is 0 Å². The second kappa shape index (κ2) is 5.09. The van der Waals surface area contributed by atoms with E-state index in [1.807, 2.05) is 0 Å². The van der Waals surface area contributed by atoms with Crippen LogP contribution in [0.2, 0.25) is 0 Å². The van der Waals surface area contributed by atoms with Gasteiger partial charge in [0.25, 0.3) is 0 Å². The van der Waals surface area contributed by atoms with Gasteiger partial charge >= 0.3 is 0 Å². The SMILES string of the molecule is CC(C)(CNC1CCSC1)C1CCCC1. The molecule has 2 fully saturated rings. The van der Waals surface area contributed by atoms with Gasteiger partial charge in [-0.3, -0.25) is 0 Å². The molecule has 1 aliphatic carbocycles. The van der Waals surface area contributed by atoms with Crippen molar-refractivity contribution in [2.24, 2.45) is 11.3 Å².